The third kappa shape index (κ3) is 5.89. The number of benzene rings is 2. The Morgan fingerprint density at radius 1 is 1.06 bits per heavy atom. The van der Waals surface area contributed by atoms with Gasteiger partial charge in [-0.05, 0) is 42.8 Å². The van der Waals surface area contributed by atoms with Crippen LogP contribution in [0.3, 0.4) is 0 Å². The molecule has 0 radical (unpaired) electrons. The monoisotopic (exact) mass is 442 g/mol. The summed E-state index contributed by atoms with van der Waals surface area (Å²) in [5, 5.41) is 9.13. The van der Waals surface area contributed by atoms with Crippen LogP contribution in [0.5, 0.6) is 0 Å². The maximum absolute atomic E-state index is 12.3. The van der Waals surface area contributed by atoms with E-state index in [0.717, 1.165) is 16.2 Å². The molecule has 0 atom stereocenters. The van der Waals surface area contributed by atoms with Crippen molar-refractivity contribution in [3.8, 4) is 5.69 Å². The van der Waals surface area contributed by atoms with E-state index in [0.29, 0.717) is 16.9 Å². The number of sulfonamides is 1. The van der Waals surface area contributed by atoms with Crippen LogP contribution in [0, 0.1) is 6.92 Å². The van der Waals surface area contributed by atoms with Crippen LogP contribution < -0.4 is 14.9 Å². The zero-order chi connectivity index (χ0) is 22.4. The first-order valence-corrected chi connectivity index (χ1v) is 11.1. The van der Waals surface area contributed by atoms with Gasteiger partial charge in [-0.1, -0.05) is 18.2 Å². The minimum Gasteiger partial charge on any atom is -0.345 e. The van der Waals surface area contributed by atoms with Crippen LogP contribution in [0.1, 0.15) is 5.56 Å². The second-order valence-corrected chi connectivity index (χ2v) is 8.67. The average Bonchev–Trinajstić information content (AvgIpc) is 3.26. The number of rotatable bonds is 8. The summed E-state index contributed by atoms with van der Waals surface area (Å²) < 4.78 is 26.9. The zero-order valence-corrected chi connectivity index (χ0v) is 17.8. The normalized spacial score (nSPS) is 11.0. The topological polar surface area (TPSA) is 126 Å². The van der Waals surface area contributed by atoms with Gasteiger partial charge in [-0.25, -0.2) is 18.1 Å². The van der Waals surface area contributed by atoms with Crippen molar-refractivity contribution in [1.82, 2.24) is 20.1 Å². The van der Waals surface area contributed by atoms with E-state index in [1.807, 2.05) is 0 Å². The van der Waals surface area contributed by atoms with Crippen molar-refractivity contribution in [2.75, 3.05) is 29.0 Å². The molecule has 0 aliphatic rings. The molecular weight excluding hydrogens is 420 g/mol. The maximum atomic E-state index is 12.3. The number of hydrogen-bond acceptors (Lipinski definition) is 6. The summed E-state index contributed by atoms with van der Waals surface area (Å²) in [4.78, 5) is 28.3. The number of carbonyl (C=O) groups excluding carboxylic acids is 2. The third-order valence-electron chi connectivity index (χ3n) is 4.35. The van der Waals surface area contributed by atoms with Crippen molar-refractivity contribution in [1.29, 1.82) is 0 Å². The number of hydrogen-bond donors (Lipinski definition) is 2. The van der Waals surface area contributed by atoms with Gasteiger partial charge in [0.2, 0.25) is 21.8 Å². The lowest BCUT2D eigenvalue weighted by atomic mass is 10.2. The van der Waals surface area contributed by atoms with Gasteiger partial charge in [-0.15, -0.1) is 0 Å². The zero-order valence-electron chi connectivity index (χ0n) is 17.0. The molecule has 3 rings (SSSR count). The number of amides is 2. The number of nitrogens with one attached hydrogen (secondary N) is 2. The lowest BCUT2D eigenvalue weighted by Crippen LogP contribution is -2.42. The molecule has 2 N–H and O–H groups in total. The molecule has 3 aromatic rings. The molecule has 0 bridgehead atoms. The summed E-state index contributed by atoms with van der Waals surface area (Å²) in [6, 6.07) is 13.8. The molecule has 162 valence electrons. The quantitative estimate of drug-likeness (QED) is 0.538. The Morgan fingerprint density at radius 3 is 2.39 bits per heavy atom. The highest BCUT2D eigenvalue weighted by Gasteiger charge is 2.22. The minimum absolute atomic E-state index is 0.297. The standard InChI is InChI=1S/C20H22N6O4S/c1-15-5-3-4-6-18(15)26(31(2,29)30)12-20(28)22-11-19(27)24-16-7-9-17(10-8-16)25-14-21-13-23-25/h3-10,13-14H,11-12H2,1-2H3,(H,22,28)(H,24,27). The molecule has 1 heterocycles. The highest BCUT2D eigenvalue weighted by Crippen LogP contribution is 2.21. The lowest BCUT2D eigenvalue weighted by Gasteiger charge is -2.23. The van der Waals surface area contributed by atoms with E-state index in [1.165, 1.54) is 6.33 Å². The van der Waals surface area contributed by atoms with E-state index in [4.69, 9.17) is 0 Å². The van der Waals surface area contributed by atoms with Gasteiger partial charge >= 0.3 is 0 Å². The summed E-state index contributed by atoms with van der Waals surface area (Å²) in [5.41, 5.74) is 2.45. The van der Waals surface area contributed by atoms with Gasteiger partial charge in [0.05, 0.1) is 24.2 Å². The SMILES string of the molecule is Cc1ccccc1N(CC(=O)NCC(=O)Nc1ccc(-n2cncn2)cc1)S(C)(=O)=O. The van der Waals surface area contributed by atoms with E-state index in [2.05, 4.69) is 20.7 Å². The van der Waals surface area contributed by atoms with Crippen LogP contribution in [0.2, 0.25) is 0 Å². The first-order chi connectivity index (χ1) is 14.7. The highest BCUT2D eigenvalue weighted by atomic mass is 32.2. The Kier molecular flexibility index (Phi) is 6.65. The number of nitrogens with zero attached hydrogens (tertiary/aromatic N) is 4. The molecule has 0 saturated heterocycles. The second kappa shape index (κ2) is 9.39. The van der Waals surface area contributed by atoms with E-state index in [9.17, 15) is 18.0 Å². The smallest absolute Gasteiger partial charge is 0.243 e. The van der Waals surface area contributed by atoms with Crippen LogP contribution in [-0.2, 0) is 19.6 Å². The van der Waals surface area contributed by atoms with Crippen LogP contribution in [0.25, 0.3) is 5.69 Å². The van der Waals surface area contributed by atoms with Crippen LogP contribution in [-0.4, -0.2) is 54.3 Å². The predicted octanol–water partition coefficient (Wildman–Crippen LogP) is 1.10. The summed E-state index contributed by atoms with van der Waals surface area (Å²) >= 11 is 0. The van der Waals surface area contributed by atoms with Gasteiger partial charge in [0.15, 0.2) is 0 Å². The molecule has 2 amide bonds. The van der Waals surface area contributed by atoms with Crippen molar-refractivity contribution >= 4 is 33.2 Å². The number of carbonyl (C=O) groups is 2. The Hall–Kier alpha value is -3.73. The molecule has 2 aromatic carbocycles. The van der Waals surface area contributed by atoms with Crippen molar-refractivity contribution in [2.24, 2.45) is 0 Å². The summed E-state index contributed by atoms with van der Waals surface area (Å²) in [5.74, 6) is -1.03. The molecule has 0 aliphatic heterocycles. The molecule has 1 aromatic heterocycles. The molecule has 0 unspecified atom stereocenters. The molecular formula is C20H22N6O4S. The summed E-state index contributed by atoms with van der Waals surface area (Å²) in [7, 11) is -3.69. The minimum atomic E-state index is -3.69. The number of anilines is 2. The fourth-order valence-corrected chi connectivity index (χ4v) is 3.75. The van der Waals surface area contributed by atoms with E-state index in [1.54, 1.807) is 66.5 Å². The third-order valence-corrected chi connectivity index (χ3v) is 5.48. The molecule has 31 heavy (non-hydrogen) atoms. The predicted molar refractivity (Wildman–Crippen MR) is 116 cm³/mol. The van der Waals surface area contributed by atoms with Crippen molar-refractivity contribution < 1.29 is 18.0 Å². The largest absolute Gasteiger partial charge is 0.345 e. The van der Waals surface area contributed by atoms with Crippen LogP contribution >= 0.6 is 0 Å². The van der Waals surface area contributed by atoms with Crippen LogP contribution in [0.4, 0.5) is 11.4 Å². The van der Waals surface area contributed by atoms with E-state index < -0.39 is 28.4 Å². The molecule has 0 saturated carbocycles. The molecule has 0 aliphatic carbocycles. The van der Waals surface area contributed by atoms with Gasteiger partial charge in [0, 0.05) is 5.69 Å². The fraction of sp³-hybridized carbons (Fsp3) is 0.200. The first kappa shape index (κ1) is 22.0. The van der Waals surface area contributed by atoms with Crippen molar-refractivity contribution in [3.63, 3.8) is 0 Å². The van der Waals surface area contributed by atoms with Gasteiger partial charge in [0.25, 0.3) is 0 Å². The lowest BCUT2D eigenvalue weighted by molar-refractivity contribution is -0.123. The summed E-state index contributed by atoms with van der Waals surface area (Å²) in [6.07, 6.45) is 4.00. The number of aryl methyl sites for hydroxylation is 1. The van der Waals surface area contributed by atoms with E-state index in [-0.39, 0.29) is 6.54 Å². The Morgan fingerprint density at radius 2 is 1.77 bits per heavy atom. The summed E-state index contributed by atoms with van der Waals surface area (Å²) in [6.45, 7) is 1.03. The molecule has 0 fully saturated rings. The highest BCUT2D eigenvalue weighted by molar-refractivity contribution is 7.92. The van der Waals surface area contributed by atoms with Crippen molar-refractivity contribution in [2.45, 2.75) is 6.92 Å². The second-order valence-electron chi connectivity index (χ2n) is 6.77. The maximum Gasteiger partial charge on any atom is 0.243 e. The molecule has 0 spiro atoms. The van der Waals surface area contributed by atoms with Gasteiger partial charge in [-0.2, -0.15) is 5.10 Å². The number of aromatic nitrogens is 3. The number of para-hydroxylation sites is 1. The van der Waals surface area contributed by atoms with Crippen molar-refractivity contribution in [3.05, 3.63) is 66.7 Å². The van der Waals surface area contributed by atoms with Gasteiger partial charge in [-0.3, -0.25) is 13.9 Å². The average molecular weight is 443 g/mol. The Labute approximate surface area is 180 Å². The molecule has 10 nitrogen and oxygen atoms in total. The Balaban J connectivity index is 1.56. The fourth-order valence-electron chi connectivity index (χ4n) is 2.83. The van der Waals surface area contributed by atoms with E-state index >= 15 is 0 Å². The van der Waals surface area contributed by atoms with Gasteiger partial charge < -0.3 is 10.6 Å². The Bertz CT molecular complexity index is 1160. The van der Waals surface area contributed by atoms with Gasteiger partial charge in [0.1, 0.15) is 19.2 Å². The first-order valence-electron chi connectivity index (χ1n) is 9.29. The molecule has 11 heteroatoms. The van der Waals surface area contributed by atoms with Crippen LogP contribution in [0.15, 0.2) is 61.2 Å².